The number of piperidine rings is 1. The first-order valence-corrected chi connectivity index (χ1v) is 4.40. The van der Waals surface area contributed by atoms with Gasteiger partial charge in [-0.3, -0.25) is 4.90 Å². The summed E-state index contributed by atoms with van der Waals surface area (Å²) >= 11 is 0. The number of nitrogens with zero attached hydrogens (tertiary/aromatic N) is 1. The van der Waals surface area contributed by atoms with Crippen LogP contribution < -0.4 is 0 Å². The van der Waals surface area contributed by atoms with Gasteiger partial charge in [-0.15, -0.1) is 0 Å². The maximum Gasteiger partial charge on any atom is 0.0313 e. The van der Waals surface area contributed by atoms with Gasteiger partial charge < -0.3 is 0 Å². The minimum Gasteiger partial charge on any atom is -0.292 e. The molecule has 2 rings (SSSR count). The maximum atomic E-state index is 2.66. The van der Waals surface area contributed by atoms with Gasteiger partial charge in [0.25, 0.3) is 0 Å². The first kappa shape index (κ1) is 6.66. The lowest BCUT2D eigenvalue weighted by atomic mass is 9.99. The lowest BCUT2D eigenvalue weighted by molar-refractivity contribution is 0.317. The SMILES string of the molecule is CC(C)C1CCC2(C)CN12. The van der Waals surface area contributed by atoms with Crippen molar-refractivity contribution < 1.29 is 0 Å². The second kappa shape index (κ2) is 1.76. The Morgan fingerprint density at radius 3 is 2.40 bits per heavy atom. The molecule has 3 atom stereocenters. The van der Waals surface area contributed by atoms with Crippen LogP contribution in [0.25, 0.3) is 0 Å². The molecule has 0 bridgehead atoms. The second-order valence-electron chi connectivity index (χ2n) is 4.47. The fourth-order valence-electron chi connectivity index (χ4n) is 2.38. The molecule has 0 spiro atoms. The summed E-state index contributed by atoms with van der Waals surface area (Å²) in [6.45, 7) is 8.45. The van der Waals surface area contributed by atoms with Crippen molar-refractivity contribution in [2.45, 2.75) is 45.2 Å². The summed E-state index contributed by atoms with van der Waals surface area (Å²) in [6.07, 6.45) is 2.88. The van der Waals surface area contributed by atoms with Crippen LogP contribution in [-0.4, -0.2) is 23.0 Å². The summed E-state index contributed by atoms with van der Waals surface area (Å²) in [5.41, 5.74) is 0.648. The van der Waals surface area contributed by atoms with E-state index in [1.54, 1.807) is 0 Å². The molecule has 2 heterocycles. The highest BCUT2D eigenvalue weighted by Crippen LogP contribution is 2.48. The molecule has 2 saturated heterocycles. The smallest absolute Gasteiger partial charge is 0.0313 e. The number of rotatable bonds is 1. The molecular formula is C9H17N. The first-order chi connectivity index (χ1) is 4.63. The van der Waals surface area contributed by atoms with Crippen molar-refractivity contribution in [3.8, 4) is 0 Å². The van der Waals surface area contributed by atoms with Crippen LogP contribution in [0.2, 0.25) is 0 Å². The van der Waals surface area contributed by atoms with E-state index >= 15 is 0 Å². The first-order valence-electron chi connectivity index (χ1n) is 4.40. The van der Waals surface area contributed by atoms with Crippen molar-refractivity contribution in [2.24, 2.45) is 5.92 Å². The molecule has 0 radical (unpaired) electrons. The predicted molar refractivity (Wildman–Crippen MR) is 43.0 cm³/mol. The summed E-state index contributed by atoms with van der Waals surface area (Å²) in [4.78, 5) is 2.66. The standard InChI is InChI=1S/C9H17N/c1-7(2)8-4-5-9(3)6-10(8)9/h7-8H,4-6H2,1-3H3. The predicted octanol–water partition coefficient (Wildman–Crippen LogP) is 1.88. The van der Waals surface area contributed by atoms with E-state index in [-0.39, 0.29) is 0 Å². The van der Waals surface area contributed by atoms with Gasteiger partial charge in [-0.2, -0.15) is 0 Å². The van der Waals surface area contributed by atoms with Crippen LogP contribution in [0.15, 0.2) is 0 Å². The Morgan fingerprint density at radius 1 is 1.50 bits per heavy atom. The summed E-state index contributed by atoms with van der Waals surface area (Å²) in [7, 11) is 0. The van der Waals surface area contributed by atoms with Gasteiger partial charge in [-0.05, 0) is 25.7 Å². The van der Waals surface area contributed by atoms with Crippen molar-refractivity contribution in [3.05, 3.63) is 0 Å². The molecule has 0 aromatic rings. The average molecular weight is 139 g/mol. The Bertz CT molecular complexity index is 153. The van der Waals surface area contributed by atoms with Crippen LogP contribution >= 0.6 is 0 Å². The molecule has 2 aliphatic rings. The van der Waals surface area contributed by atoms with Gasteiger partial charge in [0.05, 0.1) is 0 Å². The minimum absolute atomic E-state index is 0.648. The summed E-state index contributed by atoms with van der Waals surface area (Å²) in [5.74, 6) is 0.865. The average Bonchev–Trinajstić information content (AvgIpc) is 2.36. The highest BCUT2D eigenvalue weighted by molar-refractivity contribution is 5.12. The fourth-order valence-corrected chi connectivity index (χ4v) is 2.38. The van der Waals surface area contributed by atoms with Crippen LogP contribution in [0.3, 0.4) is 0 Å². The number of hydrogen-bond donors (Lipinski definition) is 0. The highest BCUT2D eigenvalue weighted by Gasteiger charge is 2.56. The number of fused-ring (bicyclic) bond motifs is 1. The van der Waals surface area contributed by atoms with E-state index < -0.39 is 0 Å². The Labute approximate surface area is 63.4 Å². The summed E-state index contributed by atoms with van der Waals surface area (Å²) in [5, 5.41) is 0. The Hall–Kier alpha value is -0.0400. The Morgan fingerprint density at radius 2 is 2.20 bits per heavy atom. The second-order valence-corrected chi connectivity index (χ2v) is 4.47. The number of hydrogen-bond acceptors (Lipinski definition) is 1. The largest absolute Gasteiger partial charge is 0.292 e. The fraction of sp³-hybridized carbons (Fsp3) is 1.00. The van der Waals surface area contributed by atoms with E-state index in [1.165, 1.54) is 19.4 Å². The van der Waals surface area contributed by atoms with Crippen LogP contribution in [0, 0.1) is 5.92 Å². The molecule has 0 saturated carbocycles. The zero-order chi connectivity index (χ0) is 7.35. The molecule has 0 aromatic carbocycles. The third-order valence-corrected chi connectivity index (χ3v) is 3.25. The van der Waals surface area contributed by atoms with E-state index in [0.717, 1.165) is 12.0 Å². The molecular weight excluding hydrogens is 122 g/mol. The minimum atomic E-state index is 0.648. The maximum absolute atomic E-state index is 2.66. The third-order valence-electron chi connectivity index (χ3n) is 3.25. The van der Waals surface area contributed by atoms with E-state index in [2.05, 4.69) is 25.7 Å². The normalized spacial score (nSPS) is 51.6. The van der Waals surface area contributed by atoms with Gasteiger partial charge in [0.1, 0.15) is 0 Å². The molecule has 1 heteroatoms. The van der Waals surface area contributed by atoms with Crippen molar-refractivity contribution in [1.82, 2.24) is 4.90 Å². The lowest BCUT2D eigenvalue weighted by Crippen LogP contribution is -2.22. The molecule has 58 valence electrons. The zero-order valence-corrected chi connectivity index (χ0v) is 7.22. The molecule has 0 aromatic heterocycles. The van der Waals surface area contributed by atoms with Crippen LogP contribution in [-0.2, 0) is 0 Å². The van der Waals surface area contributed by atoms with Gasteiger partial charge in [0, 0.05) is 18.1 Å². The quantitative estimate of drug-likeness (QED) is 0.501. The molecule has 10 heavy (non-hydrogen) atoms. The van der Waals surface area contributed by atoms with Crippen LogP contribution in [0.5, 0.6) is 0 Å². The molecule has 3 unspecified atom stereocenters. The van der Waals surface area contributed by atoms with Crippen molar-refractivity contribution in [2.75, 3.05) is 6.54 Å². The third kappa shape index (κ3) is 0.731. The molecule has 0 aliphatic carbocycles. The van der Waals surface area contributed by atoms with Crippen LogP contribution in [0.4, 0.5) is 0 Å². The van der Waals surface area contributed by atoms with E-state index in [0.29, 0.717) is 5.54 Å². The lowest BCUT2D eigenvalue weighted by Gasteiger charge is -2.16. The molecule has 0 amide bonds. The molecule has 2 fully saturated rings. The van der Waals surface area contributed by atoms with Gasteiger partial charge in [0.15, 0.2) is 0 Å². The zero-order valence-electron chi connectivity index (χ0n) is 7.22. The summed E-state index contributed by atoms with van der Waals surface area (Å²) < 4.78 is 0. The highest BCUT2D eigenvalue weighted by atomic mass is 15.4. The molecule has 2 aliphatic heterocycles. The van der Waals surface area contributed by atoms with E-state index in [4.69, 9.17) is 0 Å². The van der Waals surface area contributed by atoms with Gasteiger partial charge in [-0.25, -0.2) is 0 Å². The van der Waals surface area contributed by atoms with E-state index in [9.17, 15) is 0 Å². The van der Waals surface area contributed by atoms with Crippen molar-refractivity contribution >= 4 is 0 Å². The Balaban J connectivity index is 2.04. The van der Waals surface area contributed by atoms with Gasteiger partial charge >= 0.3 is 0 Å². The topological polar surface area (TPSA) is 3.01 Å². The monoisotopic (exact) mass is 139 g/mol. The van der Waals surface area contributed by atoms with Crippen molar-refractivity contribution in [1.29, 1.82) is 0 Å². The van der Waals surface area contributed by atoms with Gasteiger partial charge in [-0.1, -0.05) is 13.8 Å². The van der Waals surface area contributed by atoms with Gasteiger partial charge in [0.2, 0.25) is 0 Å². The molecule has 0 N–H and O–H groups in total. The summed E-state index contributed by atoms with van der Waals surface area (Å²) in [6, 6.07) is 0.907. The molecule has 1 nitrogen and oxygen atoms in total. The van der Waals surface area contributed by atoms with Crippen LogP contribution in [0.1, 0.15) is 33.6 Å². The Kier molecular flexibility index (Phi) is 1.17. The van der Waals surface area contributed by atoms with Crippen molar-refractivity contribution in [3.63, 3.8) is 0 Å². The van der Waals surface area contributed by atoms with E-state index in [1.807, 2.05) is 0 Å².